The van der Waals surface area contributed by atoms with Crippen LogP contribution in [-0.4, -0.2) is 23.0 Å². The highest BCUT2D eigenvalue weighted by Crippen LogP contribution is 2.39. The molecule has 5 nitrogen and oxygen atoms in total. The zero-order chi connectivity index (χ0) is 16.2. The molecule has 0 N–H and O–H groups in total. The zero-order valence-electron chi connectivity index (χ0n) is 12.4. The molecule has 118 valence electrons. The smallest absolute Gasteiger partial charge is 0.209 e. The van der Waals surface area contributed by atoms with Gasteiger partial charge in [-0.25, -0.2) is 17.9 Å². The Morgan fingerprint density at radius 1 is 1.22 bits per heavy atom. The monoisotopic (exact) mass is 347 g/mol. The molecule has 23 heavy (non-hydrogen) atoms. The number of aromatic nitrogens is 3. The van der Waals surface area contributed by atoms with Gasteiger partial charge in [0.25, 0.3) is 0 Å². The topological polar surface area (TPSA) is 64.3 Å². The van der Waals surface area contributed by atoms with E-state index in [2.05, 4.69) is 10.1 Å². The van der Waals surface area contributed by atoms with Crippen LogP contribution in [0.3, 0.4) is 0 Å². The maximum absolute atomic E-state index is 12.8. The molecule has 1 aliphatic rings. The summed E-state index contributed by atoms with van der Waals surface area (Å²) in [5.74, 6) is 0.493. The van der Waals surface area contributed by atoms with Crippen LogP contribution in [0, 0.1) is 6.92 Å². The normalized spacial score (nSPS) is 15.2. The van der Waals surface area contributed by atoms with E-state index in [0.717, 1.165) is 18.5 Å². The summed E-state index contributed by atoms with van der Waals surface area (Å²) < 4.78 is 27.3. The Labute approximate surface area is 138 Å². The van der Waals surface area contributed by atoms with Gasteiger partial charge in [-0.2, -0.15) is 5.10 Å². The van der Waals surface area contributed by atoms with Crippen molar-refractivity contribution in [3.63, 3.8) is 0 Å². The van der Waals surface area contributed by atoms with Crippen LogP contribution in [0.5, 0.6) is 0 Å². The molecule has 4 rings (SSSR count). The van der Waals surface area contributed by atoms with E-state index >= 15 is 0 Å². The highest BCUT2D eigenvalue weighted by molar-refractivity contribution is 7.91. The molecule has 7 heteroatoms. The van der Waals surface area contributed by atoms with Crippen molar-refractivity contribution in [1.82, 2.24) is 14.6 Å². The van der Waals surface area contributed by atoms with Gasteiger partial charge in [-0.15, -0.1) is 0 Å². The van der Waals surface area contributed by atoms with Crippen molar-refractivity contribution in [2.75, 3.05) is 0 Å². The van der Waals surface area contributed by atoms with Crippen LogP contribution in [0.15, 0.2) is 46.3 Å². The largest absolute Gasteiger partial charge is 0.236 e. The Balaban J connectivity index is 1.87. The van der Waals surface area contributed by atoms with E-state index in [0.29, 0.717) is 22.3 Å². The molecule has 3 aromatic rings. The molecule has 0 radical (unpaired) electrons. The summed E-state index contributed by atoms with van der Waals surface area (Å²) in [5, 5.41) is 5.02. The van der Waals surface area contributed by atoms with Crippen molar-refractivity contribution in [2.24, 2.45) is 0 Å². The molecule has 2 heterocycles. The number of hydrogen-bond acceptors (Lipinski definition) is 4. The summed E-state index contributed by atoms with van der Waals surface area (Å²) in [6.07, 6.45) is 3.69. The van der Waals surface area contributed by atoms with Gasteiger partial charge in [-0.1, -0.05) is 11.6 Å². The predicted molar refractivity (Wildman–Crippen MR) is 86.6 cm³/mol. The van der Waals surface area contributed by atoms with Gasteiger partial charge in [0.2, 0.25) is 9.84 Å². The summed E-state index contributed by atoms with van der Waals surface area (Å²) in [6.45, 7) is 1.75. The summed E-state index contributed by atoms with van der Waals surface area (Å²) in [6, 6.07) is 8.06. The fraction of sp³-hybridized carbons (Fsp3) is 0.250. The van der Waals surface area contributed by atoms with Crippen molar-refractivity contribution < 1.29 is 8.42 Å². The second-order valence-corrected chi connectivity index (χ2v) is 8.13. The third-order valence-electron chi connectivity index (χ3n) is 4.11. The van der Waals surface area contributed by atoms with Crippen LogP contribution in [0.1, 0.15) is 30.1 Å². The number of hydrogen-bond donors (Lipinski definition) is 0. The molecule has 1 fully saturated rings. The van der Waals surface area contributed by atoms with E-state index < -0.39 is 9.84 Å². The molecule has 2 aromatic heterocycles. The lowest BCUT2D eigenvalue weighted by atomic mass is 10.3. The van der Waals surface area contributed by atoms with Crippen LogP contribution in [-0.2, 0) is 9.84 Å². The number of aryl methyl sites for hydroxylation is 1. The van der Waals surface area contributed by atoms with Crippen molar-refractivity contribution >= 4 is 27.1 Å². The van der Waals surface area contributed by atoms with Crippen LogP contribution in [0.25, 0.3) is 5.65 Å². The van der Waals surface area contributed by atoms with E-state index in [9.17, 15) is 8.42 Å². The van der Waals surface area contributed by atoms with Crippen LogP contribution in [0.4, 0.5) is 0 Å². The Bertz CT molecular complexity index is 1010. The molecule has 0 saturated heterocycles. The van der Waals surface area contributed by atoms with E-state index in [4.69, 9.17) is 11.6 Å². The first kappa shape index (κ1) is 14.7. The predicted octanol–water partition coefficient (Wildman–Crippen LogP) is 3.40. The summed E-state index contributed by atoms with van der Waals surface area (Å²) in [5.41, 5.74) is 2.23. The second kappa shape index (κ2) is 5.04. The van der Waals surface area contributed by atoms with E-state index in [1.165, 1.54) is 18.3 Å². The number of benzene rings is 1. The van der Waals surface area contributed by atoms with Gasteiger partial charge in [-0.05, 0) is 44.0 Å². The lowest BCUT2D eigenvalue weighted by Crippen LogP contribution is -2.09. The quantitative estimate of drug-likeness (QED) is 0.728. The third-order valence-corrected chi connectivity index (χ3v) is 6.23. The Morgan fingerprint density at radius 2 is 1.91 bits per heavy atom. The molecule has 0 bridgehead atoms. The second-order valence-electron chi connectivity index (χ2n) is 5.78. The Hall–Kier alpha value is -1.92. The number of fused-ring (bicyclic) bond motifs is 1. The molecule has 0 atom stereocenters. The van der Waals surface area contributed by atoms with Gasteiger partial charge < -0.3 is 0 Å². The van der Waals surface area contributed by atoms with Gasteiger partial charge in [0.15, 0.2) is 5.65 Å². The van der Waals surface area contributed by atoms with Crippen LogP contribution < -0.4 is 0 Å². The molecule has 1 saturated carbocycles. The molecule has 0 unspecified atom stereocenters. The SMILES string of the molecule is Cc1c(S(=O)(=O)c2ccc(Cl)cc2)cnc2cc(C3CC3)nn12. The summed E-state index contributed by atoms with van der Waals surface area (Å²) in [7, 11) is -3.66. The van der Waals surface area contributed by atoms with E-state index in [1.807, 2.05) is 6.07 Å². The number of rotatable bonds is 3. The summed E-state index contributed by atoms with van der Waals surface area (Å²) >= 11 is 5.83. The minimum Gasteiger partial charge on any atom is -0.236 e. The van der Waals surface area contributed by atoms with Gasteiger partial charge in [-0.3, -0.25) is 0 Å². The van der Waals surface area contributed by atoms with Gasteiger partial charge in [0, 0.05) is 17.0 Å². The minimum absolute atomic E-state index is 0.165. The first-order valence-corrected chi connectivity index (χ1v) is 9.19. The molecule has 1 aliphatic carbocycles. The minimum atomic E-state index is -3.66. The molecular formula is C16H14ClN3O2S. The van der Waals surface area contributed by atoms with Crippen molar-refractivity contribution in [2.45, 2.75) is 35.5 Å². The first-order chi connectivity index (χ1) is 11.0. The Morgan fingerprint density at radius 3 is 2.57 bits per heavy atom. The van der Waals surface area contributed by atoms with Gasteiger partial charge >= 0.3 is 0 Å². The lowest BCUT2D eigenvalue weighted by molar-refractivity contribution is 0.593. The number of nitrogens with zero attached hydrogens (tertiary/aromatic N) is 3. The van der Waals surface area contributed by atoms with Gasteiger partial charge in [0.05, 0.1) is 22.5 Å². The average Bonchev–Trinajstić information content (AvgIpc) is 3.27. The third kappa shape index (κ3) is 2.42. The standard InChI is InChI=1S/C16H14ClN3O2S/c1-10-15(23(21,22)13-6-4-12(17)5-7-13)9-18-16-8-14(11-2-3-11)19-20(10)16/h4-9,11H,2-3H2,1H3. The maximum atomic E-state index is 12.8. The zero-order valence-corrected chi connectivity index (χ0v) is 14.0. The number of sulfone groups is 1. The van der Waals surface area contributed by atoms with E-state index in [-0.39, 0.29) is 9.79 Å². The molecule has 1 aromatic carbocycles. The molecule has 0 amide bonds. The Kier molecular flexibility index (Phi) is 3.21. The maximum Gasteiger partial charge on any atom is 0.209 e. The van der Waals surface area contributed by atoms with E-state index in [1.54, 1.807) is 23.6 Å². The fourth-order valence-electron chi connectivity index (χ4n) is 2.63. The highest BCUT2D eigenvalue weighted by Gasteiger charge is 2.28. The fourth-order valence-corrected chi connectivity index (χ4v) is 4.17. The van der Waals surface area contributed by atoms with Crippen molar-refractivity contribution in [3.8, 4) is 0 Å². The van der Waals surface area contributed by atoms with Crippen LogP contribution >= 0.6 is 11.6 Å². The number of halogens is 1. The molecule has 0 aliphatic heterocycles. The highest BCUT2D eigenvalue weighted by atomic mass is 35.5. The van der Waals surface area contributed by atoms with Crippen LogP contribution in [0.2, 0.25) is 5.02 Å². The molecular weight excluding hydrogens is 334 g/mol. The van der Waals surface area contributed by atoms with Crippen molar-refractivity contribution in [3.05, 3.63) is 52.9 Å². The average molecular weight is 348 g/mol. The van der Waals surface area contributed by atoms with Crippen molar-refractivity contribution in [1.29, 1.82) is 0 Å². The molecule has 0 spiro atoms. The van der Waals surface area contributed by atoms with Gasteiger partial charge in [0.1, 0.15) is 4.90 Å². The lowest BCUT2D eigenvalue weighted by Gasteiger charge is -2.08. The first-order valence-electron chi connectivity index (χ1n) is 7.33. The summed E-state index contributed by atoms with van der Waals surface area (Å²) in [4.78, 5) is 4.64.